The summed E-state index contributed by atoms with van der Waals surface area (Å²) in [5.74, 6) is 1.26. The number of hydrogen-bond donors (Lipinski definition) is 1. The highest BCUT2D eigenvalue weighted by atomic mass is 32.2. The Hall–Kier alpha value is -3.06. The maximum atomic E-state index is 12.6. The largest absolute Gasteiger partial charge is 0.464 e. The first kappa shape index (κ1) is 19.7. The second-order valence-corrected chi connectivity index (χ2v) is 8.30. The quantitative estimate of drug-likeness (QED) is 0.681. The minimum Gasteiger partial charge on any atom is -0.464 e. The van der Waals surface area contributed by atoms with Crippen molar-refractivity contribution in [3.63, 3.8) is 0 Å². The molecule has 0 aliphatic carbocycles. The van der Waals surface area contributed by atoms with Crippen molar-refractivity contribution < 1.29 is 17.6 Å². The van der Waals surface area contributed by atoms with E-state index in [1.54, 1.807) is 19.2 Å². The number of rotatable bonds is 6. The van der Waals surface area contributed by atoms with Crippen molar-refractivity contribution in [2.75, 3.05) is 11.8 Å². The Morgan fingerprint density at radius 2 is 1.68 bits per heavy atom. The summed E-state index contributed by atoms with van der Waals surface area (Å²) in [5, 5.41) is 0. The number of carbonyl (C=O) groups excluding carboxylic acids is 1. The third-order valence-electron chi connectivity index (χ3n) is 4.34. The van der Waals surface area contributed by atoms with E-state index in [0.717, 1.165) is 11.3 Å². The molecule has 0 fully saturated rings. The lowest BCUT2D eigenvalue weighted by Gasteiger charge is -2.16. The molecule has 0 saturated carbocycles. The zero-order valence-electron chi connectivity index (χ0n) is 16.0. The lowest BCUT2D eigenvalue weighted by atomic mass is 10.2. The third-order valence-corrected chi connectivity index (χ3v) is 5.72. The van der Waals surface area contributed by atoms with Gasteiger partial charge in [-0.1, -0.05) is 18.2 Å². The predicted molar refractivity (Wildman–Crippen MR) is 108 cm³/mol. The van der Waals surface area contributed by atoms with Crippen LogP contribution in [0.4, 0.5) is 5.69 Å². The molecule has 0 unspecified atom stereocenters. The van der Waals surface area contributed by atoms with Gasteiger partial charge in [0.2, 0.25) is 0 Å². The number of amides is 1. The summed E-state index contributed by atoms with van der Waals surface area (Å²) in [6.07, 6.45) is 0. The average Bonchev–Trinajstić information content (AvgIpc) is 3.07. The molecule has 3 aromatic rings. The van der Waals surface area contributed by atoms with Gasteiger partial charge < -0.3 is 9.32 Å². The number of anilines is 1. The van der Waals surface area contributed by atoms with E-state index in [-0.39, 0.29) is 10.8 Å². The fourth-order valence-electron chi connectivity index (χ4n) is 2.76. The minimum atomic E-state index is -3.73. The van der Waals surface area contributed by atoms with Crippen LogP contribution < -0.4 is 4.72 Å². The van der Waals surface area contributed by atoms with Crippen LogP contribution in [0.2, 0.25) is 0 Å². The van der Waals surface area contributed by atoms with Gasteiger partial charge in [0.05, 0.1) is 17.1 Å². The molecular weight excluding hydrogens is 376 g/mol. The summed E-state index contributed by atoms with van der Waals surface area (Å²) in [6.45, 7) is 4.01. The molecule has 0 spiro atoms. The van der Waals surface area contributed by atoms with Crippen LogP contribution in [-0.2, 0) is 16.6 Å². The number of nitrogens with one attached hydrogen (secondary N) is 1. The number of carbonyl (C=O) groups is 1. The Morgan fingerprint density at radius 3 is 2.29 bits per heavy atom. The van der Waals surface area contributed by atoms with Crippen molar-refractivity contribution in [2.24, 2.45) is 0 Å². The molecule has 3 rings (SSSR count). The van der Waals surface area contributed by atoms with Crippen LogP contribution in [0.25, 0.3) is 0 Å². The van der Waals surface area contributed by atoms with Gasteiger partial charge in [-0.05, 0) is 61.9 Å². The van der Waals surface area contributed by atoms with E-state index in [2.05, 4.69) is 4.72 Å². The van der Waals surface area contributed by atoms with Gasteiger partial charge >= 0.3 is 0 Å². The molecule has 0 atom stereocenters. The normalized spacial score (nSPS) is 11.2. The number of nitrogens with zero attached hydrogens (tertiary/aromatic N) is 1. The van der Waals surface area contributed by atoms with Crippen LogP contribution in [-0.4, -0.2) is 26.3 Å². The molecule has 0 aliphatic rings. The SMILES string of the molecule is Cc1ccc(CN(C)C(=O)c2ccc(S(=O)(=O)Nc3ccccc3C)cc2)o1. The number of sulfonamides is 1. The molecule has 0 bridgehead atoms. The number of benzene rings is 2. The Kier molecular flexibility index (Phi) is 5.56. The number of para-hydroxylation sites is 1. The van der Waals surface area contributed by atoms with Gasteiger partial charge in [-0.2, -0.15) is 0 Å². The van der Waals surface area contributed by atoms with Crippen LogP contribution >= 0.6 is 0 Å². The molecule has 1 aromatic heterocycles. The highest BCUT2D eigenvalue weighted by Gasteiger charge is 2.18. The summed E-state index contributed by atoms with van der Waals surface area (Å²) < 4.78 is 33.2. The van der Waals surface area contributed by atoms with Crippen molar-refractivity contribution >= 4 is 21.6 Å². The fourth-order valence-corrected chi connectivity index (χ4v) is 3.89. The first-order valence-electron chi connectivity index (χ1n) is 8.75. The van der Waals surface area contributed by atoms with Crippen LogP contribution in [0.15, 0.2) is 70.0 Å². The van der Waals surface area contributed by atoms with Crippen molar-refractivity contribution in [2.45, 2.75) is 25.3 Å². The molecule has 28 heavy (non-hydrogen) atoms. The zero-order chi connectivity index (χ0) is 20.3. The molecule has 0 radical (unpaired) electrons. The zero-order valence-corrected chi connectivity index (χ0v) is 16.8. The molecule has 1 N–H and O–H groups in total. The van der Waals surface area contributed by atoms with Crippen LogP contribution in [0.1, 0.15) is 27.4 Å². The highest BCUT2D eigenvalue weighted by molar-refractivity contribution is 7.92. The second kappa shape index (κ2) is 7.90. The number of hydrogen-bond acceptors (Lipinski definition) is 4. The Labute approximate surface area is 164 Å². The summed E-state index contributed by atoms with van der Waals surface area (Å²) in [6, 6.07) is 16.7. The molecule has 0 aliphatic heterocycles. The third kappa shape index (κ3) is 4.43. The van der Waals surface area contributed by atoms with Gasteiger partial charge in [-0.3, -0.25) is 9.52 Å². The number of aryl methyl sites for hydroxylation is 2. The van der Waals surface area contributed by atoms with Crippen LogP contribution in [0.5, 0.6) is 0 Å². The van der Waals surface area contributed by atoms with E-state index in [1.165, 1.54) is 29.2 Å². The number of furan rings is 1. The van der Waals surface area contributed by atoms with Gasteiger partial charge in [0, 0.05) is 12.6 Å². The summed E-state index contributed by atoms with van der Waals surface area (Å²) >= 11 is 0. The molecule has 146 valence electrons. The van der Waals surface area contributed by atoms with Crippen molar-refractivity contribution in [3.8, 4) is 0 Å². The van der Waals surface area contributed by atoms with Gasteiger partial charge in [0.15, 0.2) is 0 Å². The predicted octanol–water partition coefficient (Wildman–Crippen LogP) is 3.97. The highest BCUT2D eigenvalue weighted by Crippen LogP contribution is 2.20. The summed E-state index contributed by atoms with van der Waals surface area (Å²) in [7, 11) is -2.06. The van der Waals surface area contributed by atoms with Gasteiger partial charge in [0.25, 0.3) is 15.9 Å². The van der Waals surface area contributed by atoms with Gasteiger partial charge in [-0.15, -0.1) is 0 Å². The molecule has 1 heterocycles. The maximum Gasteiger partial charge on any atom is 0.261 e. The molecule has 2 aromatic carbocycles. The average molecular weight is 398 g/mol. The minimum absolute atomic E-state index is 0.0941. The topological polar surface area (TPSA) is 79.6 Å². The van der Waals surface area contributed by atoms with Crippen LogP contribution in [0, 0.1) is 13.8 Å². The monoisotopic (exact) mass is 398 g/mol. The van der Waals surface area contributed by atoms with Crippen molar-refractivity contribution in [3.05, 3.63) is 83.3 Å². The van der Waals surface area contributed by atoms with E-state index < -0.39 is 10.0 Å². The Balaban J connectivity index is 1.73. The standard InChI is InChI=1S/C21H22N2O4S/c1-15-6-4-5-7-20(15)22-28(25,26)19-12-9-17(10-13-19)21(24)23(3)14-18-11-8-16(2)27-18/h4-13,22H,14H2,1-3H3. The first-order chi connectivity index (χ1) is 13.3. The first-order valence-corrected chi connectivity index (χ1v) is 10.2. The van der Waals surface area contributed by atoms with E-state index >= 15 is 0 Å². The van der Waals surface area contributed by atoms with Crippen molar-refractivity contribution in [1.82, 2.24) is 4.90 Å². The van der Waals surface area contributed by atoms with E-state index in [9.17, 15) is 13.2 Å². The Bertz CT molecular complexity index is 1090. The van der Waals surface area contributed by atoms with E-state index in [4.69, 9.17) is 4.42 Å². The lowest BCUT2D eigenvalue weighted by Crippen LogP contribution is -2.26. The maximum absolute atomic E-state index is 12.6. The summed E-state index contributed by atoms with van der Waals surface area (Å²) in [4.78, 5) is 14.2. The van der Waals surface area contributed by atoms with E-state index in [0.29, 0.717) is 23.6 Å². The van der Waals surface area contributed by atoms with E-state index in [1.807, 2.05) is 38.1 Å². The lowest BCUT2D eigenvalue weighted by molar-refractivity contribution is 0.0775. The van der Waals surface area contributed by atoms with Gasteiger partial charge in [0.1, 0.15) is 11.5 Å². The molecule has 7 heteroatoms. The second-order valence-electron chi connectivity index (χ2n) is 6.62. The van der Waals surface area contributed by atoms with Crippen LogP contribution in [0.3, 0.4) is 0 Å². The molecule has 0 saturated heterocycles. The Morgan fingerprint density at radius 1 is 1.00 bits per heavy atom. The summed E-state index contributed by atoms with van der Waals surface area (Å²) in [5.41, 5.74) is 1.75. The molecule has 6 nitrogen and oxygen atoms in total. The van der Waals surface area contributed by atoms with Crippen molar-refractivity contribution in [1.29, 1.82) is 0 Å². The molecule has 1 amide bonds. The van der Waals surface area contributed by atoms with Gasteiger partial charge in [-0.25, -0.2) is 8.42 Å². The molecular formula is C21H22N2O4S. The fraction of sp³-hybridized carbons (Fsp3) is 0.190. The smallest absolute Gasteiger partial charge is 0.261 e.